The highest BCUT2D eigenvalue weighted by Gasteiger charge is 2.09. The lowest BCUT2D eigenvalue weighted by Gasteiger charge is -1.98. The number of rotatable bonds is 4. The topological polar surface area (TPSA) is 65.8 Å². The smallest absolute Gasteiger partial charge is 0.216 e. The van der Waals surface area contributed by atoms with Gasteiger partial charge in [-0.05, 0) is 24.3 Å². The summed E-state index contributed by atoms with van der Waals surface area (Å²) in [7, 11) is 0. The van der Waals surface area contributed by atoms with Crippen LogP contribution in [0.2, 0.25) is 0 Å². The second kappa shape index (κ2) is 7.03. The van der Waals surface area contributed by atoms with Crippen molar-refractivity contribution in [2.24, 2.45) is 10.2 Å². The van der Waals surface area contributed by atoms with Crippen LogP contribution in [-0.4, -0.2) is 0 Å². The Morgan fingerprint density at radius 3 is 1.58 bits per heavy atom. The first-order valence-electron chi connectivity index (χ1n) is 8.25. The summed E-state index contributed by atoms with van der Waals surface area (Å²) in [6.45, 7) is 0. The first kappa shape index (κ1) is 15.8. The van der Waals surface area contributed by atoms with Crippen LogP contribution in [0.15, 0.2) is 99.9 Å². The van der Waals surface area contributed by atoms with Gasteiger partial charge in [0.2, 0.25) is 5.43 Å². The standard InChI is InChI=1S/C21H16N4O/c26-21-18-14-8-7-13-17(18)19(24-22-15-9-3-1-4-10-15)20(21)25-23-16-11-5-2-6-12-16/h1-14,22-23H. The highest BCUT2D eigenvalue weighted by molar-refractivity contribution is 5.83. The highest BCUT2D eigenvalue weighted by atomic mass is 16.1. The van der Waals surface area contributed by atoms with Crippen molar-refractivity contribution in [1.82, 2.24) is 0 Å². The molecule has 5 heteroatoms. The Bertz CT molecular complexity index is 1190. The van der Waals surface area contributed by atoms with E-state index >= 15 is 0 Å². The highest BCUT2D eigenvalue weighted by Crippen LogP contribution is 2.06. The van der Waals surface area contributed by atoms with Crippen molar-refractivity contribution in [3.8, 4) is 0 Å². The van der Waals surface area contributed by atoms with Gasteiger partial charge in [-0.15, -0.1) is 0 Å². The number of nitrogens with one attached hydrogen (secondary N) is 2. The number of fused-ring (bicyclic) bond motifs is 1. The predicted octanol–water partition coefficient (Wildman–Crippen LogP) is 2.93. The third-order valence-electron chi connectivity index (χ3n) is 4.01. The largest absolute Gasteiger partial charge is 0.287 e. The molecule has 0 saturated heterocycles. The minimum Gasteiger partial charge on any atom is -0.287 e. The lowest BCUT2D eigenvalue weighted by atomic mass is 10.2. The zero-order valence-corrected chi connectivity index (χ0v) is 13.9. The normalized spacial score (nSPS) is 12.5. The molecule has 0 unspecified atom stereocenters. The van der Waals surface area contributed by atoms with Crippen LogP contribution in [0, 0.1) is 0 Å². The Balaban J connectivity index is 1.86. The van der Waals surface area contributed by atoms with Gasteiger partial charge in [-0.3, -0.25) is 15.6 Å². The summed E-state index contributed by atoms with van der Waals surface area (Å²) in [5.74, 6) is 0. The van der Waals surface area contributed by atoms with Crippen LogP contribution in [0.25, 0.3) is 10.8 Å². The molecule has 0 spiro atoms. The molecule has 5 nitrogen and oxygen atoms in total. The number of para-hydroxylation sites is 2. The number of nitrogens with zero attached hydrogens (tertiary/aromatic N) is 2. The van der Waals surface area contributed by atoms with E-state index in [2.05, 4.69) is 21.1 Å². The van der Waals surface area contributed by atoms with E-state index in [9.17, 15) is 4.79 Å². The number of hydrogen-bond acceptors (Lipinski definition) is 5. The summed E-state index contributed by atoms with van der Waals surface area (Å²) in [6.07, 6.45) is 0. The Hall–Kier alpha value is -3.73. The zero-order chi connectivity index (χ0) is 17.8. The summed E-state index contributed by atoms with van der Waals surface area (Å²) in [6, 6.07) is 26.5. The van der Waals surface area contributed by atoms with E-state index in [4.69, 9.17) is 0 Å². The third-order valence-corrected chi connectivity index (χ3v) is 4.01. The first-order valence-corrected chi connectivity index (χ1v) is 8.25. The Kier molecular flexibility index (Phi) is 4.26. The van der Waals surface area contributed by atoms with Crippen LogP contribution in [0.4, 0.5) is 11.4 Å². The van der Waals surface area contributed by atoms with Crippen molar-refractivity contribution >= 4 is 22.1 Å². The van der Waals surface area contributed by atoms with Crippen molar-refractivity contribution in [3.63, 3.8) is 0 Å². The monoisotopic (exact) mass is 340 g/mol. The molecule has 0 heterocycles. The van der Waals surface area contributed by atoms with Crippen molar-refractivity contribution in [2.45, 2.75) is 0 Å². The van der Waals surface area contributed by atoms with E-state index in [1.165, 1.54) is 0 Å². The van der Waals surface area contributed by atoms with Gasteiger partial charge < -0.3 is 0 Å². The molecule has 0 atom stereocenters. The molecule has 26 heavy (non-hydrogen) atoms. The quantitative estimate of drug-likeness (QED) is 0.561. The van der Waals surface area contributed by atoms with Crippen molar-refractivity contribution in [3.05, 3.63) is 106 Å². The molecule has 2 N–H and O–H groups in total. The van der Waals surface area contributed by atoms with E-state index in [-0.39, 0.29) is 5.43 Å². The fourth-order valence-corrected chi connectivity index (χ4v) is 2.73. The average Bonchev–Trinajstić information content (AvgIpc) is 2.98. The second-order valence-corrected chi connectivity index (χ2v) is 5.75. The van der Waals surface area contributed by atoms with E-state index in [1.54, 1.807) is 6.07 Å². The zero-order valence-electron chi connectivity index (χ0n) is 13.9. The molecule has 0 radical (unpaired) electrons. The molecular formula is C21H16N4O. The molecule has 0 saturated carbocycles. The van der Waals surface area contributed by atoms with Crippen molar-refractivity contribution in [1.29, 1.82) is 0 Å². The second-order valence-electron chi connectivity index (χ2n) is 5.75. The van der Waals surface area contributed by atoms with E-state index in [1.807, 2.05) is 78.9 Å². The maximum atomic E-state index is 12.8. The van der Waals surface area contributed by atoms with Gasteiger partial charge in [0.1, 0.15) is 5.36 Å². The summed E-state index contributed by atoms with van der Waals surface area (Å²) in [5.41, 5.74) is 7.45. The van der Waals surface area contributed by atoms with Crippen LogP contribution in [0.1, 0.15) is 0 Å². The number of anilines is 2. The minimum absolute atomic E-state index is 0.141. The van der Waals surface area contributed by atoms with Gasteiger partial charge in [0.15, 0.2) is 5.36 Å². The van der Waals surface area contributed by atoms with Crippen LogP contribution < -0.4 is 27.0 Å². The molecular weight excluding hydrogens is 324 g/mol. The van der Waals surface area contributed by atoms with Gasteiger partial charge in [-0.2, -0.15) is 10.2 Å². The van der Waals surface area contributed by atoms with Gasteiger partial charge in [-0.25, -0.2) is 0 Å². The van der Waals surface area contributed by atoms with E-state index < -0.39 is 0 Å². The minimum atomic E-state index is -0.141. The fourth-order valence-electron chi connectivity index (χ4n) is 2.73. The van der Waals surface area contributed by atoms with Crippen LogP contribution >= 0.6 is 0 Å². The van der Waals surface area contributed by atoms with Crippen molar-refractivity contribution in [2.75, 3.05) is 10.9 Å². The summed E-state index contributed by atoms with van der Waals surface area (Å²) >= 11 is 0. The molecule has 0 amide bonds. The molecule has 0 fully saturated rings. The van der Waals surface area contributed by atoms with Gasteiger partial charge >= 0.3 is 0 Å². The molecule has 0 bridgehead atoms. The first-order chi connectivity index (χ1) is 12.8. The molecule has 126 valence electrons. The number of benzene rings is 3. The Morgan fingerprint density at radius 2 is 1.00 bits per heavy atom. The summed E-state index contributed by atoms with van der Waals surface area (Å²) < 4.78 is 0. The maximum Gasteiger partial charge on any atom is 0.216 e. The van der Waals surface area contributed by atoms with Gasteiger partial charge in [-0.1, -0.05) is 60.7 Å². The lowest BCUT2D eigenvalue weighted by molar-refractivity contribution is 1.14. The Labute approximate surface area is 149 Å². The molecule has 4 aromatic rings. The maximum absolute atomic E-state index is 12.8. The van der Waals surface area contributed by atoms with Crippen LogP contribution in [0.3, 0.4) is 0 Å². The summed E-state index contributed by atoms with van der Waals surface area (Å²) in [4.78, 5) is 12.8. The van der Waals surface area contributed by atoms with Gasteiger partial charge in [0.25, 0.3) is 0 Å². The molecule has 4 rings (SSSR count). The SMILES string of the molecule is O=c1c(=NNc2ccccc2)c(=NNc2ccccc2)c2ccccc12. The molecule has 0 aliphatic rings. The molecule has 0 aromatic heterocycles. The molecule has 4 aromatic carbocycles. The van der Waals surface area contributed by atoms with E-state index in [0.717, 1.165) is 16.8 Å². The van der Waals surface area contributed by atoms with Gasteiger partial charge in [0.05, 0.1) is 11.4 Å². The lowest BCUT2D eigenvalue weighted by Crippen LogP contribution is -2.34. The third kappa shape index (κ3) is 3.10. The van der Waals surface area contributed by atoms with Crippen LogP contribution in [0.5, 0.6) is 0 Å². The summed E-state index contributed by atoms with van der Waals surface area (Å²) in [5, 5.41) is 11.0. The van der Waals surface area contributed by atoms with E-state index in [0.29, 0.717) is 16.1 Å². The number of hydrogen-bond donors (Lipinski definition) is 2. The fraction of sp³-hybridized carbons (Fsp3) is 0. The molecule has 0 aliphatic heterocycles. The Morgan fingerprint density at radius 1 is 0.538 bits per heavy atom. The van der Waals surface area contributed by atoms with Crippen molar-refractivity contribution < 1.29 is 0 Å². The van der Waals surface area contributed by atoms with Crippen LogP contribution in [-0.2, 0) is 0 Å². The average molecular weight is 340 g/mol. The predicted molar refractivity (Wildman–Crippen MR) is 104 cm³/mol. The van der Waals surface area contributed by atoms with Gasteiger partial charge in [0, 0.05) is 10.8 Å². The molecule has 0 aliphatic carbocycles.